The number of Topliss-reactive ketones (excluding diaryl/α,β-unsaturated/α-hetero) is 1. The van der Waals surface area contributed by atoms with Crippen LogP contribution in [0.2, 0.25) is 0 Å². The first-order valence-corrected chi connectivity index (χ1v) is 11.7. The first kappa shape index (κ1) is 20.5. The predicted octanol–water partition coefficient (Wildman–Crippen LogP) is 5.35. The molecule has 0 bridgehead atoms. The molecule has 0 spiro atoms. The Hall–Kier alpha value is -2.43. The van der Waals surface area contributed by atoms with Crippen LogP contribution in [0.4, 0.5) is 5.69 Å². The summed E-state index contributed by atoms with van der Waals surface area (Å²) >= 11 is 0. The van der Waals surface area contributed by atoms with E-state index in [0.717, 1.165) is 42.8 Å². The minimum atomic E-state index is -0.463. The number of carbonyl (C=O) groups excluding carboxylic acids is 1. The van der Waals surface area contributed by atoms with Gasteiger partial charge in [-0.15, -0.1) is 0 Å². The maximum atomic E-state index is 13.6. The highest BCUT2D eigenvalue weighted by Gasteiger charge is 2.53. The zero-order chi connectivity index (χ0) is 22.0. The van der Waals surface area contributed by atoms with Gasteiger partial charge in [0, 0.05) is 42.0 Å². The molecule has 3 aliphatic heterocycles. The number of hydrogen-bond acceptors (Lipinski definition) is 5. The van der Waals surface area contributed by atoms with Crippen LogP contribution in [0, 0.1) is 17.3 Å². The molecule has 31 heavy (non-hydrogen) atoms. The Labute approximate surface area is 185 Å². The Kier molecular flexibility index (Phi) is 4.65. The molecule has 4 aliphatic rings. The molecule has 1 aliphatic carbocycles. The number of ketones is 1. The van der Waals surface area contributed by atoms with E-state index in [-0.39, 0.29) is 17.4 Å². The summed E-state index contributed by atoms with van der Waals surface area (Å²) in [5.41, 5.74) is 5.09. The fourth-order valence-electron chi connectivity index (χ4n) is 6.20. The third-order valence-corrected chi connectivity index (χ3v) is 8.00. The summed E-state index contributed by atoms with van der Waals surface area (Å²) < 4.78 is 0. The normalized spacial score (nSPS) is 33.8. The quantitative estimate of drug-likeness (QED) is 0.720. The van der Waals surface area contributed by atoms with Crippen LogP contribution in [-0.4, -0.2) is 25.0 Å². The number of rotatable bonds is 3. The van der Waals surface area contributed by atoms with Crippen LogP contribution in [0.3, 0.4) is 0 Å². The molecule has 5 nitrogen and oxygen atoms in total. The second-order valence-corrected chi connectivity index (χ2v) is 10.8. The second-order valence-electron chi connectivity index (χ2n) is 10.8. The maximum Gasteiger partial charge on any atom is 0.164 e. The lowest BCUT2D eigenvalue weighted by atomic mass is 9.59. The van der Waals surface area contributed by atoms with Crippen LogP contribution in [-0.2, 0) is 10.2 Å². The Balaban J connectivity index is 1.66. The van der Waals surface area contributed by atoms with Crippen molar-refractivity contribution in [1.82, 2.24) is 5.32 Å². The van der Waals surface area contributed by atoms with Crippen molar-refractivity contribution in [1.29, 1.82) is 0 Å². The van der Waals surface area contributed by atoms with E-state index in [1.807, 2.05) is 6.20 Å². The zero-order valence-electron chi connectivity index (χ0n) is 19.4. The number of benzene rings is 1. The third-order valence-electron chi connectivity index (χ3n) is 8.00. The van der Waals surface area contributed by atoms with Crippen molar-refractivity contribution >= 4 is 11.5 Å². The molecular formula is C26H34N4O. The van der Waals surface area contributed by atoms with Crippen molar-refractivity contribution in [2.45, 2.75) is 65.5 Å². The van der Waals surface area contributed by atoms with E-state index in [1.54, 1.807) is 0 Å². The van der Waals surface area contributed by atoms with Gasteiger partial charge in [-0.05, 0) is 47.8 Å². The summed E-state index contributed by atoms with van der Waals surface area (Å²) in [4.78, 5) is 16.1. The average Bonchev–Trinajstić information content (AvgIpc) is 3.32. The molecule has 164 valence electrons. The van der Waals surface area contributed by atoms with Crippen molar-refractivity contribution in [3.8, 4) is 0 Å². The maximum absolute atomic E-state index is 13.6. The highest BCUT2D eigenvalue weighted by molar-refractivity contribution is 6.01. The fourth-order valence-corrected chi connectivity index (χ4v) is 6.20. The molecule has 1 aromatic rings. The average molecular weight is 419 g/mol. The van der Waals surface area contributed by atoms with Crippen LogP contribution < -0.4 is 10.2 Å². The summed E-state index contributed by atoms with van der Waals surface area (Å²) in [6.07, 6.45) is 4.00. The van der Waals surface area contributed by atoms with Gasteiger partial charge < -0.3 is 10.2 Å². The second kappa shape index (κ2) is 7.04. The molecule has 1 fully saturated rings. The first-order valence-electron chi connectivity index (χ1n) is 11.7. The topological polar surface area (TPSA) is 57.1 Å². The zero-order valence-corrected chi connectivity index (χ0v) is 19.4. The van der Waals surface area contributed by atoms with Crippen molar-refractivity contribution in [2.24, 2.45) is 27.5 Å². The predicted molar refractivity (Wildman–Crippen MR) is 124 cm³/mol. The van der Waals surface area contributed by atoms with E-state index in [4.69, 9.17) is 0 Å². The molecule has 0 saturated carbocycles. The van der Waals surface area contributed by atoms with Crippen LogP contribution in [0.1, 0.15) is 59.4 Å². The molecular weight excluding hydrogens is 384 g/mol. The number of nitrogens with one attached hydrogen (secondary N) is 1. The van der Waals surface area contributed by atoms with E-state index >= 15 is 0 Å². The SMILES string of the molecule is CC[C@@]1(c2cccc(N3C[C@H](C)[C@@H](C)C3)c2)C2=CN=NC2NC2=C1C(=O)CC(C)(C)C2. The number of fused-ring (bicyclic) bond motifs is 1. The lowest BCUT2D eigenvalue weighted by Crippen LogP contribution is -2.51. The van der Waals surface area contributed by atoms with E-state index in [9.17, 15) is 4.79 Å². The number of anilines is 1. The number of nitrogens with zero attached hydrogens (tertiary/aromatic N) is 3. The van der Waals surface area contributed by atoms with Gasteiger partial charge in [-0.1, -0.05) is 46.8 Å². The van der Waals surface area contributed by atoms with E-state index in [2.05, 4.69) is 79.3 Å². The Bertz CT molecular complexity index is 1010. The Morgan fingerprint density at radius 3 is 2.61 bits per heavy atom. The molecule has 5 rings (SSSR count). The van der Waals surface area contributed by atoms with Gasteiger partial charge in [-0.2, -0.15) is 10.2 Å². The number of hydrogen-bond donors (Lipinski definition) is 1. The van der Waals surface area contributed by atoms with Gasteiger partial charge >= 0.3 is 0 Å². The van der Waals surface area contributed by atoms with Gasteiger partial charge in [0.05, 0.1) is 11.6 Å². The summed E-state index contributed by atoms with van der Waals surface area (Å²) in [7, 11) is 0. The van der Waals surface area contributed by atoms with Gasteiger partial charge in [0.25, 0.3) is 0 Å². The monoisotopic (exact) mass is 418 g/mol. The molecule has 1 aromatic carbocycles. The van der Waals surface area contributed by atoms with Gasteiger partial charge in [-0.3, -0.25) is 4.79 Å². The third kappa shape index (κ3) is 3.07. The highest BCUT2D eigenvalue weighted by Crippen LogP contribution is 2.54. The van der Waals surface area contributed by atoms with E-state index in [1.165, 1.54) is 11.3 Å². The van der Waals surface area contributed by atoms with Gasteiger partial charge in [0.15, 0.2) is 11.9 Å². The summed E-state index contributed by atoms with van der Waals surface area (Å²) in [5.74, 6) is 1.65. The molecule has 0 aromatic heterocycles. The molecule has 0 amide bonds. The smallest absolute Gasteiger partial charge is 0.164 e. The van der Waals surface area contributed by atoms with Gasteiger partial charge in [-0.25, -0.2) is 0 Å². The van der Waals surface area contributed by atoms with E-state index < -0.39 is 5.41 Å². The fraction of sp³-hybridized carbons (Fsp3) is 0.577. The molecule has 1 saturated heterocycles. The highest BCUT2D eigenvalue weighted by atomic mass is 16.1. The molecule has 1 N–H and O–H groups in total. The molecule has 4 atom stereocenters. The van der Waals surface area contributed by atoms with Crippen LogP contribution in [0.5, 0.6) is 0 Å². The van der Waals surface area contributed by atoms with Crippen molar-refractivity contribution < 1.29 is 4.79 Å². The largest absolute Gasteiger partial charge is 0.371 e. The summed E-state index contributed by atoms with van der Waals surface area (Å²) in [5, 5.41) is 12.3. The Morgan fingerprint density at radius 1 is 1.16 bits per heavy atom. The number of carbonyl (C=O) groups is 1. The first-order chi connectivity index (χ1) is 14.7. The minimum absolute atomic E-state index is 0.0387. The lowest BCUT2D eigenvalue weighted by Gasteiger charge is -2.48. The van der Waals surface area contributed by atoms with Crippen LogP contribution >= 0.6 is 0 Å². The van der Waals surface area contributed by atoms with Gasteiger partial charge in [0.2, 0.25) is 0 Å². The molecule has 1 unspecified atom stereocenters. The minimum Gasteiger partial charge on any atom is -0.371 e. The number of azo groups is 1. The van der Waals surface area contributed by atoms with Crippen molar-refractivity contribution in [2.75, 3.05) is 18.0 Å². The van der Waals surface area contributed by atoms with Gasteiger partial charge in [0.1, 0.15) is 0 Å². The van der Waals surface area contributed by atoms with Crippen molar-refractivity contribution in [3.05, 3.63) is 52.9 Å². The standard InChI is InChI=1S/C26H34N4O/c1-6-26(18-8-7-9-19(10-18)30-14-16(2)17(3)15-30)20-13-27-29-24(20)28-21-11-25(4,5)12-22(31)23(21)26/h7-10,13,16-17,24,28H,6,11-12,14-15H2,1-5H3/t16-,17-,24?,26+/m0/s1. The van der Waals surface area contributed by atoms with Crippen LogP contribution in [0.15, 0.2) is 57.5 Å². The summed E-state index contributed by atoms with van der Waals surface area (Å²) in [6.45, 7) is 13.4. The van der Waals surface area contributed by atoms with Crippen LogP contribution in [0.25, 0.3) is 0 Å². The molecule has 0 radical (unpaired) electrons. The summed E-state index contributed by atoms with van der Waals surface area (Å²) in [6, 6.07) is 8.91. The Morgan fingerprint density at radius 2 is 1.90 bits per heavy atom. The molecule has 5 heteroatoms. The molecule has 3 heterocycles. The number of allylic oxidation sites excluding steroid dienone is 2. The van der Waals surface area contributed by atoms with Crippen molar-refractivity contribution in [3.63, 3.8) is 0 Å². The van der Waals surface area contributed by atoms with E-state index in [0.29, 0.717) is 18.3 Å². The lowest BCUT2D eigenvalue weighted by molar-refractivity contribution is -0.119.